The lowest BCUT2D eigenvalue weighted by Gasteiger charge is -2.34. The smallest absolute Gasteiger partial charge is 0.338 e. The Kier molecular flexibility index (Phi) is 4.24. The number of esters is 1. The highest BCUT2D eigenvalue weighted by molar-refractivity contribution is 5.89. The standard InChI is InChI=1S/C16H20O5/c1-3-14-19-13-9-12(10(2)18-16(13)21-14)20-15(17)11-7-5-4-6-8-11/h4-8,10,12-14,16H,3,9H2,1-2H3/t10-,12-,13-,14-,16-/m1/s1. The van der Waals surface area contributed by atoms with E-state index in [2.05, 4.69) is 0 Å². The van der Waals surface area contributed by atoms with Crippen molar-refractivity contribution >= 4 is 5.97 Å². The minimum atomic E-state index is -0.350. The third-order valence-electron chi connectivity index (χ3n) is 3.85. The number of benzene rings is 1. The van der Waals surface area contributed by atoms with E-state index in [1.165, 1.54) is 0 Å². The van der Waals surface area contributed by atoms with Gasteiger partial charge in [0.15, 0.2) is 12.6 Å². The van der Waals surface area contributed by atoms with Crippen molar-refractivity contribution in [1.29, 1.82) is 0 Å². The molecule has 0 spiro atoms. The number of carbonyl (C=O) groups is 1. The van der Waals surface area contributed by atoms with E-state index >= 15 is 0 Å². The molecule has 2 saturated heterocycles. The summed E-state index contributed by atoms with van der Waals surface area (Å²) < 4.78 is 22.7. The van der Waals surface area contributed by atoms with E-state index < -0.39 is 0 Å². The van der Waals surface area contributed by atoms with Crippen molar-refractivity contribution < 1.29 is 23.7 Å². The maximum atomic E-state index is 12.1. The molecule has 2 aliphatic heterocycles. The van der Waals surface area contributed by atoms with E-state index in [0.29, 0.717) is 12.0 Å². The van der Waals surface area contributed by atoms with E-state index in [4.69, 9.17) is 18.9 Å². The highest BCUT2D eigenvalue weighted by atomic mass is 16.8. The zero-order chi connectivity index (χ0) is 14.8. The van der Waals surface area contributed by atoms with Crippen molar-refractivity contribution in [2.24, 2.45) is 0 Å². The van der Waals surface area contributed by atoms with Gasteiger partial charge in [-0.25, -0.2) is 4.79 Å². The van der Waals surface area contributed by atoms with Gasteiger partial charge in [-0.1, -0.05) is 25.1 Å². The Morgan fingerprint density at radius 3 is 2.71 bits per heavy atom. The zero-order valence-corrected chi connectivity index (χ0v) is 12.2. The lowest BCUT2D eigenvalue weighted by Crippen LogP contribution is -2.46. The number of rotatable bonds is 3. The first-order chi connectivity index (χ1) is 10.2. The first-order valence-corrected chi connectivity index (χ1v) is 7.39. The number of carbonyl (C=O) groups excluding carboxylic acids is 1. The molecule has 0 unspecified atom stereocenters. The SMILES string of the molecule is CC[C@H]1O[C@H]2O[C@H](C)[C@H](OC(=O)c3ccccc3)C[C@H]2O1. The quantitative estimate of drug-likeness (QED) is 0.801. The predicted octanol–water partition coefficient (Wildman–Crippen LogP) is 2.50. The van der Waals surface area contributed by atoms with Crippen LogP contribution >= 0.6 is 0 Å². The van der Waals surface area contributed by atoms with E-state index in [9.17, 15) is 4.79 Å². The van der Waals surface area contributed by atoms with Crippen molar-refractivity contribution in [1.82, 2.24) is 0 Å². The normalized spacial score (nSPS) is 35.2. The molecular weight excluding hydrogens is 272 g/mol. The van der Waals surface area contributed by atoms with Crippen LogP contribution in [-0.4, -0.2) is 36.9 Å². The highest BCUT2D eigenvalue weighted by Crippen LogP contribution is 2.33. The maximum absolute atomic E-state index is 12.1. The third kappa shape index (κ3) is 3.10. The van der Waals surface area contributed by atoms with E-state index in [0.717, 1.165) is 6.42 Å². The Morgan fingerprint density at radius 1 is 1.24 bits per heavy atom. The largest absolute Gasteiger partial charge is 0.456 e. The number of hydrogen-bond acceptors (Lipinski definition) is 5. The average molecular weight is 292 g/mol. The summed E-state index contributed by atoms with van der Waals surface area (Å²) in [7, 11) is 0. The molecule has 3 rings (SSSR count). The molecule has 0 saturated carbocycles. The van der Waals surface area contributed by atoms with Crippen LogP contribution in [0.2, 0.25) is 0 Å². The Labute approximate surface area is 124 Å². The van der Waals surface area contributed by atoms with Crippen LogP contribution in [0.1, 0.15) is 37.0 Å². The second-order valence-corrected chi connectivity index (χ2v) is 5.40. The molecule has 2 fully saturated rings. The van der Waals surface area contributed by atoms with Gasteiger partial charge in [0.2, 0.25) is 0 Å². The fourth-order valence-electron chi connectivity index (χ4n) is 2.65. The summed E-state index contributed by atoms with van der Waals surface area (Å²) >= 11 is 0. The lowest BCUT2D eigenvalue weighted by atomic mass is 10.0. The third-order valence-corrected chi connectivity index (χ3v) is 3.85. The Bertz CT molecular complexity index is 489. The fraction of sp³-hybridized carbons (Fsp3) is 0.562. The van der Waals surface area contributed by atoms with Crippen molar-refractivity contribution in [3.63, 3.8) is 0 Å². The van der Waals surface area contributed by atoms with E-state index in [-0.39, 0.29) is 36.9 Å². The number of ether oxygens (including phenoxy) is 4. The van der Waals surface area contributed by atoms with Crippen LogP contribution in [-0.2, 0) is 18.9 Å². The molecule has 0 aromatic heterocycles. The lowest BCUT2D eigenvalue weighted by molar-refractivity contribution is -0.209. The summed E-state index contributed by atoms with van der Waals surface area (Å²) in [5, 5.41) is 0. The number of hydrogen-bond donors (Lipinski definition) is 0. The molecule has 114 valence electrons. The molecule has 0 radical (unpaired) electrons. The van der Waals surface area contributed by atoms with Gasteiger partial charge in [-0.05, 0) is 25.5 Å². The van der Waals surface area contributed by atoms with Gasteiger partial charge >= 0.3 is 5.97 Å². The van der Waals surface area contributed by atoms with Crippen molar-refractivity contribution in [3.05, 3.63) is 35.9 Å². The molecule has 0 amide bonds. The summed E-state index contributed by atoms with van der Waals surface area (Å²) in [5.41, 5.74) is 0.543. The van der Waals surface area contributed by atoms with Crippen LogP contribution in [0.4, 0.5) is 0 Å². The Morgan fingerprint density at radius 2 is 2.00 bits per heavy atom. The fourth-order valence-corrected chi connectivity index (χ4v) is 2.65. The Balaban J connectivity index is 1.63. The van der Waals surface area contributed by atoms with Gasteiger partial charge in [-0.2, -0.15) is 0 Å². The maximum Gasteiger partial charge on any atom is 0.338 e. The molecule has 5 heteroatoms. The minimum Gasteiger partial charge on any atom is -0.456 e. The second-order valence-electron chi connectivity index (χ2n) is 5.40. The Hall–Kier alpha value is -1.43. The van der Waals surface area contributed by atoms with Crippen LogP contribution in [0, 0.1) is 0 Å². The first kappa shape index (κ1) is 14.5. The molecule has 5 atom stereocenters. The van der Waals surface area contributed by atoms with Crippen LogP contribution in [0.25, 0.3) is 0 Å². The van der Waals surface area contributed by atoms with Crippen LogP contribution in [0.5, 0.6) is 0 Å². The molecule has 5 nitrogen and oxygen atoms in total. The van der Waals surface area contributed by atoms with Crippen LogP contribution in [0.15, 0.2) is 30.3 Å². The van der Waals surface area contributed by atoms with Gasteiger partial charge < -0.3 is 18.9 Å². The molecule has 1 aromatic rings. The van der Waals surface area contributed by atoms with Gasteiger partial charge in [0, 0.05) is 6.42 Å². The van der Waals surface area contributed by atoms with Crippen molar-refractivity contribution in [2.75, 3.05) is 0 Å². The molecule has 2 aliphatic rings. The van der Waals surface area contributed by atoms with Gasteiger partial charge in [0.05, 0.1) is 11.7 Å². The molecule has 1 aromatic carbocycles. The molecule has 0 bridgehead atoms. The molecule has 2 heterocycles. The van der Waals surface area contributed by atoms with Crippen LogP contribution < -0.4 is 0 Å². The highest BCUT2D eigenvalue weighted by Gasteiger charge is 2.45. The van der Waals surface area contributed by atoms with Crippen molar-refractivity contribution in [3.8, 4) is 0 Å². The topological polar surface area (TPSA) is 54.0 Å². The van der Waals surface area contributed by atoms with Gasteiger partial charge in [0.25, 0.3) is 0 Å². The van der Waals surface area contributed by atoms with Gasteiger partial charge in [-0.3, -0.25) is 0 Å². The number of fused-ring (bicyclic) bond motifs is 1. The van der Waals surface area contributed by atoms with E-state index in [1.54, 1.807) is 12.1 Å². The first-order valence-electron chi connectivity index (χ1n) is 7.39. The molecule has 0 aliphatic carbocycles. The summed E-state index contributed by atoms with van der Waals surface area (Å²) in [5.74, 6) is -0.333. The minimum absolute atomic E-state index is 0.167. The summed E-state index contributed by atoms with van der Waals surface area (Å²) in [6, 6.07) is 8.96. The van der Waals surface area contributed by atoms with Crippen LogP contribution in [0.3, 0.4) is 0 Å². The second kappa shape index (κ2) is 6.13. The summed E-state index contributed by atoms with van der Waals surface area (Å²) in [4.78, 5) is 12.1. The van der Waals surface area contributed by atoms with E-state index in [1.807, 2.05) is 32.0 Å². The molecule has 21 heavy (non-hydrogen) atoms. The predicted molar refractivity (Wildman–Crippen MR) is 74.6 cm³/mol. The molecular formula is C16H20O5. The van der Waals surface area contributed by atoms with Gasteiger partial charge in [-0.15, -0.1) is 0 Å². The zero-order valence-electron chi connectivity index (χ0n) is 12.2. The van der Waals surface area contributed by atoms with Gasteiger partial charge in [0.1, 0.15) is 12.2 Å². The average Bonchev–Trinajstić information content (AvgIpc) is 2.90. The summed E-state index contributed by atoms with van der Waals surface area (Å²) in [6.45, 7) is 3.89. The summed E-state index contributed by atoms with van der Waals surface area (Å²) in [6.07, 6.45) is 0.100. The van der Waals surface area contributed by atoms with Crippen molar-refractivity contribution in [2.45, 2.75) is 57.6 Å². The molecule has 0 N–H and O–H groups in total. The monoisotopic (exact) mass is 292 g/mol.